The first-order chi connectivity index (χ1) is 24.7. The minimum absolute atomic E-state index is 0.0967. The SMILES string of the molecule is CCCCC/C=C\C/C=C\C/C=C\CCCCC(=O)OC[C@H](COP(=O)(O)O)OC(=O)CCC/C=C\C/C=C\C/C=C\C=C\C(=O)CCCCC. The molecule has 0 amide bonds. The standard InChI is InChI=1S/C41H65O9P/c1-3-5-7-8-9-10-11-12-13-14-17-20-23-26-30-34-40(43)48-36-39(37-49-51(45,46)47)50-41(44)35-31-27-24-21-18-15-16-19-22-25-29-33-38(42)32-28-6-4-2/h9-10,12-13,15-17,20-22,24-25,29,33,39H,3-8,11,14,18-19,23,26-28,30-32,34-37H2,1-2H3,(H2,45,46,47)/b10-9-,13-12-,16-15-,20-17-,24-21-,25-22-,33-29+/t39-/m1/s1. The van der Waals surface area contributed by atoms with Gasteiger partial charge < -0.3 is 19.3 Å². The molecule has 1 atom stereocenters. The monoisotopic (exact) mass is 732 g/mol. The van der Waals surface area contributed by atoms with Gasteiger partial charge in [-0.1, -0.05) is 119 Å². The molecule has 0 aliphatic carbocycles. The molecule has 0 fully saturated rings. The summed E-state index contributed by atoms with van der Waals surface area (Å²) in [6.45, 7) is 3.38. The van der Waals surface area contributed by atoms with E-state index < -0.39 is 32.5 Å². The number of esters is 2. The van der Waals surface area contributed by atoms with Crippen molar-refractivity contribution in [1.82, 2.24) is 0 Å². The first-order valence-electron chi connectivity index (χ1n) is 18.8. The molecule has 0 aromatic carbocycles. The van der Waals surface area contributed by atoms with Crippen molar-refractivity contribution in [2.45, 2.75) is 142 Å². The molecule has 0 bridgehead atoms. The number of phosphoric acid groups is 1. The molecular weight excluding hydrogens is 667 g/mol. The quantitative estimate of drug-likeness (QED) is 0.0169. The zero-order chi connectivity index (χ0) is 37.7. The Morgan fingerprint density at radius 1 is 0.569 bits per heavy atom. The van der Waals surface area contributed by atoms with E-state index >= 15 is 0 Å². The fraction of sp³-hybridized carbons (Fsp3) is 0.585. The number of carbonyl (C=O) groups is 3. The van der Waals surface area contributed by atoms with Gasteiger partial charge >= 0.3 is 19.8 Å². The lowest BCUT2D eigenvalue weighted by molar-refractivity contribution is -0.161. The summed E-state index contributed by atoms with van der Waals surface area (Å²) in [5.74, 6) is -0.880. The molecule has 0 aliphatic heterocycles. The van der Waals surface area contributed by atoms with Crippen molar-refractivity contribution in [3.63, 3.8) is 0 Å². The lowest BCUT2D eigenvalue weighted by atomic mass is 10.1. The van der Waals surface area contributed by atoms with Crippen molar-refractivity contribution < 1.29 is 42.7 Å². The van der Waals surface area contributed by atoms with Gasteiger partial charge in [0, 0.05) is 19.3 Å². The molecule has 0 saturated heterocycles. The second kappa shape index (κ2) is 35.3. The first kappa shape index (κ1) is 47.9. The number of ketones is 1. The summed E-state index contributed by atoms with van der Waals surface area (Å²) in [6.07, 6.45) is 42.9. The highest BCUT2D eigenvalue weighted by Gasteiger charge is 2.22. The molecule has 10 heteroatoms. The summed E-state index contributed by atoms with van der Waals surface area (Å²) in [4.78, 5) is 54.3. The van der Waals surface area contributed by atoms with E-state index in [-0.39, 0.29) is 25.2 Å². The molecule has 288 valence electrons. The van der Waals surface area contributed by atoms with Crippen LogP contribution in [0.15, 0.2) is 85.1 Å². The highest BCUT2D eigenvalue weighted by molar-refractivity contribution is 7.46. The molecule has 0 aromatic heterocycles. The molecule has 0 heterocycles. The maximum absolute atomic E-state index is 12.3. The average Bonchev–Trinajstić information content (AvgIpc) is 3.09. The Hall–Kier alpha value is -3.10. The van der Waals surface area contributed by atoms with E-state index in [0.717, 1.165) is 64.2 Å². The lowest BCUT2D eigenvalue weighted by Gasteiger charge is -2.18. The van der Waals surface area contributed by atoms with E-state index in [0.29, 0.717) is 25.7 Å². The topological polar surface area (TPSA) is 136 Å². The van der Waals surface area contributed by atoms with Crippen LogP contribution in [0.25, 0.3) is 0 Å². The Balaban J connectivity index is 4.22. The Bertz CT molecular complexity index is 1160. The van der Waals surface area contributed by atoms with Crippen molar-refractivity contribution in [3.8, 4) is 0 Å². The van der Waals surface area contributed by atoms with Gasteiger partial charge in [-0.2, -0.15) is 0 Å². The highest BCUT2D eigenvalue weighted by Crippen LogP contribution is 2.35. The highest BCUT2D eigenvalue weighted by atomic mass is 31.2. The second-order valence-electron chi connectivity index (χ2n) is 12.2. The zero-order valence-corrected chi connectivity index (χ0v) is 32.1. The van der Waals surface area contributed by atoms with Crippen LogP contribution in [-0.2, 0) is 32.9 Å². The molecular formula is C41H65O9P. The third-order valence-corrected chi connectivity index (χ3v) is 7.85. The molecule has 0 aliphatic rings. The molecule has 0 unspecified atom stereocenters. The normalized spacial score (nSPS) is 13.3. The predicted octanol–water partition coefficient (Wildman–Crippen LogP) is 10.5. The molecule has 0 spiro atoms. The number of unbranched alkanes of at least 4 members (excludes halogenated alkanes) is 8. The van der Waals surface area contributed by atoms with Crippen LogP contribution in [0.3, 0.4) is 0 Å². The van der Waals surface area contributed by atoms with E-state index in [2.05, 4.69) is 54.8 Å². The molecule has 0 saturated carbocycles. The van der Waals surface area contributed by atoms with Gasteiger partial charge in [0.25, 0.3) is 0 Å². The molecule has 2 N–H and O–H groups in total. The molecule has 0 radical (unpaired) electrons. The van der Waals surface area contributed by atoms with Crippen LogP contribution in [0, 0.1) is 0 Å². The van der Waals surface area contributed by atoms with Crippen LogP contribution in [0.4, 0.5) is 0 Å². The Labute approximate surface area is 307 Å². The van der Waals surface area contributed by atoms with Gasteiger partial charge in [-0.15, -0.1) is 0 Å². The summed E-state index contributed by atoms with van der Waals surface area (Å²) in [7, 11) is -4.79. The molecule has 51 heavy (non-hydrogen) atoms. The predicted molar refractivity (Wildman–Crippen MR) is 207 cm³/mol. The van der Waals surface area contributed by atoms with Gasteiger partial charge in [-0.05, 0) is 83.1 Å². The Morgan fingerprint density at radius 2 is 1.06 bits per heavy atom. The zero-order valence-electron chi connectivity index (χ0n) is 31.2. The summed E-state index contributed by atoms with van der Waals surface area (Å²) in [5, 5.41) is 0. The summed E-state index contributed by atoms with van der Waals surface area (Å²) in [6, 6.07) is 0. The number of rotatable bonds is 33. The van der Waals surface area contributed by atoms with Crippen LogP contribution in [0.2, 0.25) is 0 Å². The smallest absolute Gasteiger partial charge is 0.462 e. The van der Waals surface area contributed by atoms with E-state index in [9.17, 15) is 18.9 Å². The van der Waals surface area contributed by atoms with Gasteiger partial charge in [-0.3, -0.25) is 18.9 Å². The fourth-order valence-electron chi connectivity index (χ4n) is 4.50. The largest absolute Gasteiger partial charge is 0.469 e. The van der Waals surface area contributed by atoms with E-state index in [4.69, 9.17) is 19.3 Å². The average molecular weight is 733 g/mol. The van der Waals surface area contributed by atoms with Crippen molar-refractivity contribution in [2.24, 2.45) is 0 Å². The van der Waals surface area contributed by atoms with Crippen LogP contribution in [0.1, 0.15) is 136 Å². The van der Waals surface area contributed by atoms with Crippen molar-refractivity contribution >= 4 is 25.5 Å². The number of allylic oxidation sites excluding steroid dienone is 14. The van der Waals surface area contributed by atoms with Crippen LogP contribution in [0.5, 0.6) is 0 Å². The van der Waals surface area contributed by atoms with Crippen molar-refractivity contribution in [1.29, 1.82) is 0 Å². The van der Waals surface area contributed by atoms with Gasteiger partial charge in [0.15, 0.2) is 11.9 Å². The van der Waals surface area contributed by atoms with Crippen molar-refractivity contribution in [3.05, 3.63) is 85.1 Å². The lowest BCUT2D eigenvalue weighted by Crippen LogP contribution is -2.29. The van der Waals surface area contributed by atoms with Gasteiger partial charge in [-0.25, -0.2) is 4.57 Å². The third kappa shape index (κ3) is 38.0. The van der Waals surface area contributed by atoms with E-state index in [1.807, 2.05) is 36.5 Å². The number of ether oxygens (including phenoxy) is 2. The summed E-state index contributed by atoms with van der Waals surface area (Å²) in [5.41, 5.74) is 0. The minimum atomic E-state index is -4.79. The first-order valence-corrected chi connectivity index (χ1v) is 20.4. The Kier molecular flexibility index (Phi) is 33.2. The maximum atomic E-state index is 12.3. The maximum Gasteiger partial charge on any atom is 0.469 e. The van der Waals surface area contributed by atoms with E-state index in [1.165, 1.54) is 19.3 Å². The van der Waals surface area contributed by atoms with E-state index in [1.54, 1.807) is 12.2 Å². The summed E-state index contributed by atoms with van der Waals surface area (Å²) < 4.78 is 26.2. The van der Waals surface area contributed by atoms with Crippen LogP contribution >= 0.6 is 7.82 Å². The molecule has 0 rings (SSSR count). The molecule has 9 nitrogen and oxygen atoms in total. The van der Waals surface area contributed by atoms with Crippen molar-refractivity contribution in [2.75, 3.05) is 13.2 Å². The molecule has 0 aromatic rings. The fourth-order valence-corrected chi connectivity index (χ4v) is 4.86. The summed E-state index contributed by atoms with van der Waals surface area (Å²) >= 11 is 0. The van der Waals surface area contributed by atoms with Gasteiger partial charge in [0.2, 0.25) is 0 Å². The third-order valence-electron chi connectivity index (χ3n) is 7.36. The second-order valence-corrected chi connectivity index (χ2v) is 13.5. The number of hydrogen-bond acceptors (Lipinski definition) is 7. The minimum Gasteiger partial charge on any atom is -0.462 e. The van der Waals surface area contributed by atoms with Gasteiger partial charge in [0.05, 0.1) is 6.61 Å². The number of phosphoric ester groups is 1. The number of carbonyl (C=O) groups excluding carboxylic acids is 3. The van der Waals surface area contributed by atoms with Crippen LogP contribution < -0.4 is 0 Å². The Morgan fingerprint density at radius 3 is 1.65 bits per heavy atom. The number of hydrogen-bond donors (Lipinski definition) is 2. The van der Waals surface area contributed by atoms with Gasteiger partial charge in [0.1, 0.15) is 6.61 Å². The van der Waals surface area contributed by atoms with Crippen LogP contribution in [-0.4, -0.2) is 46.8 Å².